The largest absolute Gasteiger partial charge is 0.478 e. The Bertz CT molecular complexity index is 562. The Morgan fingerprint density at radius 2 is 2.00 bits per heavy atom. The molecular formula is C15H19NO3S2. The predicted octanol–water partition coefficient (Wildman–Crippen LogP) is 3.41. The quantitative estimate of drug-likeness (QED) is 0.890. The van der Waals surface area contributed by atoms with E-state index in [1.165, 1.54) is 11.3 Å². The molecule has 1 aromatic heterocycles. The maximum atomic E-state index is 12.2. The van der Waals surface area contributed by atoms with Crippen LogP contribution in [0.1, 0.15) is 46.5 Å². The minimum absolute atomic E-state index is 0.0330. The van der Waals surface area contributed by atoms with Crippen LogP contribution in [0.15, 0.2) is 0 Å². The number of thiophene rings is 1. The molecule has 2 N–H and O–H groups in total. The van der Waals surface area contributed by atoms with Crippen LogP contribution in [0.5, 0.6) is 0 Å². The van der Waals surface area contributed by atoms with Crippen LogP contribution in [-0.4, -0.2) is 28.5 Å². The molecule has 0 saturated carbocycles. The Balaban J connectivity index is 1.69. The van der Waals surface area contributed by atoms with Crippen LogP contribution in [0, 0.1) is 5.92 Å². The standard InChI is InChI=1S/C15H19NO3S2/c17-12(8-9-4-6-20-7-5-9)16-14-13(15(18)19)10-2-1-3-11(10)21-14/h9H,1-8H2,(H,16,17)(H,18,19). The number of hydrogen-bond acceptors (Lipinski definition) is 4. The zero-order valence-corrected chi connectivity index (χ0v) is 13.4. The van der Waals surface area contributed by atoms with E-state index in [-0.39, 0.29) is 5.91 Å². The maximum absolute atomic E-state index is 12.2. The molecule has 0 spiro atoms. The molecule has 1 aliphatic heterocycles. The van der Waals surface area contributed by atoms with Crippen LogP contribution in [0.2, 0.25) is 0 Å². The molecule has 1 fully saturated rings. The van der Waals surface area contributed by atoms with Crippen LogP contribution >= 0.6 is 23.1 Å². The number of carbonyl (C=O) groups excluding carboxylic acids is 1. The lowest BCUT2D eigenvalue weighted by Crippen LogP contribution is -2.20. The zero-order valence-electron chi connectivity index (χ0n) is 11.8. The average Bonchev–Trinajstić information content (AvgIpc) is 2.99. The van der Waals surface area contributed by atoms with Gasteiger partial charge in [-0.2, -0.15) is 11.8 Å². The van der Waals surface area contributed by atoms with Crippen LogP contribution in [0.25, 0.3) is 0 Å². The van der Waals surface area contributed by atoms with Gasteiger partial charge < -0.3 is 10.4 Å². The van der Waals surface area contributed by atoms with Crippen LogP contribution in [0.4, 0.5) is 5.00 Å². The molecule has 1 aromatic rings. The highest BCUT2D eigenvalue weighted by atomic mass is 32.2. The lowest BCUT2D eigenvalue weighted by molar-refractivity contribution is -0.117. The van der Waals surface area contributed by atoms with Crippen molar-refractivity contribution in [2.75, 3.05) is 16.8 Å². The molecule has 114 valence electrons. The summed E-state index contributed by atoms with van der Waals surface area (Å²) in [6, 6.07) is 0. The van der Waals surface area contributed by atoms with E-state index in [4.69, 9.17) is 0 Å². The minimum atomic E-state index is -0.918. The highest BCUT2D eigenvalue weighted by molar-refractivity contribution is 7.99. The number of amides is 1. The van der Waals surface area contributed by atoms with Gasteiger partial charge in [-0.25, -0.2) is 4.79 Å². The van der Waals surface area contributed by atoms with Crippen molar-refractivity contribution in [2.45, 2.75) is 38.5 Å². The monoisotopic (exact) mass is 325 g/mol. The fourth-order valence-corrected chi connectivity index (χ4v) is 5.61. The fraction of sp³-hybridized carbons (Fsp3) is 0.600. The first-order valence-corrected chi connectivity index (χ1v) is 9.37. The third kappa shape index (κ3) is 3.26. The molecule has 1 aliphatic carbocycles. The second kappa shape index (κ2) is 6.40. The summed E-state index contributed by atoms with van der Waals surface area (Å²) in [7, 11) is 0. The number of carboxylic acid groups (broad SMARTS) is 1. The van der Waals surface area contributed by atoms with E-state index < -0.39 is 5.97 Å². The first kappa shape index (κ1) is 14.9. The summed E-state index contributed by atoms with van der Waals surface area (Å²) in [6.45, 7) is 0. The lowest BCUT2D eigenvalue weighted by Gasteiger charge is -2.20. The van der Waals surface area contributed by atoms with Gasteiger partial charge in [-0.15, -0.1) is 11.3 Å². The molecule has 0 atom stereocenters. The molecule has 1 amide bonds. The maximum Gasteiger partial charge on any atom is 0.339 e. The van der Waals surface area contributed by atoms with E-state index in [1.807, 2.05) is 11.8 Å². The molecule has 0 bridgehead atoms. The van der Waals surface area contributed by atoms with E-state index in [9.17, 15) is 14.7 Å². The number of anilines is 1. The number of carbonyl (C=O) groups is 2. The number of carboxylic acids is 1. The van der Waals surface area contributed by atoms with Crippen molar-refractivity contribution in [2.24, 2.45) is 5.92 Å². The predicted molar refractivity (Wildman–Crippen MR) is 86.6 cm³/mol. The van der Waals surface area contributed by atoms with Gasteiger partial charge in [-0.3, -0.25) is 4.79 Å². The van der Waals surface area contributed by atoms with Gasteiger partial charge in [0.1, 0.15) is 5.00 Å². The number of hydrogen-bond donors (Lipinski definition) is 2. The van der Waals surface area contributed by atoms with Crippen molar-refractivity contribution in [3.05, 3.63) is 16.0 Å². The normalized spacial score (nSPS) is 18.5. The summed E-state index contributed by atoms with van der Waals surface area (Å²) in [6.07, 6.45) is 5.48. The Hall–Kier alpha value is -1.01. The van der Waals surface area contributed by atoms with E-state index in [2.05, 4.69) is 5.32 Å². The minimum Gasteiger partial charge on any atom is -0.478 e. The lowest BCUT2D eigenvalue weighted by atomic mass is 9.98. The number of aryl methyl sites for hydroxylation is 1. The van der Waals surface area contributed by atoms with Crippen molar-refractivity contribution in [3.8, 4) is 0 Å². The molecule has 21 heavy (non-hydrogen) atoms. The molecule has 1 saturated heterocycles. The van der Waals surface area contributed by atoms with Crippen LogP contribution < -0.4 is 5.32 Å². The Labute approximate surface area is 132 Å². The van der Waals surface area contributed by atoms with E-state index >= 15 is 0 Å². The van der Waals surface area contributed by atoms with Gasteiger partial charge >= 0.3 is 5.97 Å². The molecular weight excluding hydrogens is 306 g/mol. The molecule has 2 aliphatic rings. The van der Waals surface area contributed by atoms with Gasteiger partial charge in [0.15, 0.2) is 0 Å². The van der Waals surface area contributed by atoms with E-state index in [0.717, 1.165) is 54.1 Å². The van der Waals surface area contributed by atoms with Crippen molar-refractivity contribution < 1.29 is 14.7 Å². The summed E-state index contributed by atoms with van der Waals surface area (Å²) >= 11 is 3.40. The molecule has 4 nitrogen and oxygen atoms in total. The fourth-order valence-electron chi connectivity index (χ4n) is 3.11. The number of thioether (sulfide) groups is 1. The van der Waals surface area contributed by atoms with Crippen molar-refractivity contribution in [3.63, 3.8) is 0 Å². The smallest absolute Gasteiger partial charge is 0.339 e. The SMILES string of the molecule is O=C(CC1CCSCC1)Nc1sc2c(c1C(=O)O)CCC2. The number of rotatable bonds is 4. The van der Waals surface area contributed by atoms with E-state index in [1.54, 1.807) is 0 Å². The third-order valence-electron chi connectivity index (χ3n) is 4.20. The molecule has 3 rings (SSSR count). The highest BCUT2D eigenvalue weighted by Crippen LogP contribution is 2.39. The van der Waals surface area contributed by atoms with Crippen LogP contribution in [0.3, 0.4) is 0 Å². The number of nitrogens with one attached hydrogen (secondary N) is 1. The molecule has 2 heterocycles. The number of fused-ring (bicyclic) bond motifs is 1. The van der Waals surface area contributed by atoms with E-state index in [0.29, 0.717) is 22.9 Å². The first-order chi connectivity index (χ1) is 10.1. The first-order valence-electron chi connectivity index (χ1n) is 7.40. The zero-order chi connectivity index (χ0) is 14.8. The van der Waals surface area contributed by atoms with Crippen LogP contribution in [-0.2, 0) is 17.6 Å². The van der Waals surface area contributed by atoms with Gasteiger partial charge in [-0.05, 0) is 55.1 Å². The summed E-state index contributed by atoms with van der Waals surface area (Å²) in [4.78, 5) is 24.8. The number of aromatic carboxylic acids is 1. The molecule has 0 radical (unpaired) electrons. The molecule has 0 aromatic carbocycles. The molecule has 0 unspecified atom stereocenters. The third-order valence-corrected chi connectivity index (χ3v) is 6.46. The summed E-state index contributed by atoms with van der Waals surface area (Å²) in [5, 5.41) is 12.8. The average molecular weight is 325 g/mol. The van der Waals surface area contributed by atoms with Gasteiger partial charge in [0.25, 0.3) is 0 Å². The van der Waals surface area contributed by atoms with Crippen molar-refractivity contribution in [1.29, 1.82) is 0 Å². The topological polar surface area (TPSA) is 66.4 Å². The second-order valence-electron chi connectivity index (χ2n) is 5.67. The highest BCUT2D eigenvalue weighted by Gasteiger charge is 2.27. The Morgan fingerprint density at radius 3 is 2.71 bits per heavy atom. The van der Waals surface area contributed by atoms with Crippen molar-refractivity contribution in [1.82, 2.24) is 0 Å². The Kier molecular flexibility index (Phi) is 4.54. The van der Waals surface area contributed by atoms with Gasteiger partial charge in [0, 0.05) is 11.3 Å². The summed E-state index contributed by atoms with van der Waals surface area (Å²) < 4.78 is 0. The van der Waals surface area contributed by atoms with Gasteiger partial charge in [-0.1, -0.05) is 0 Å². The van der Waals surface area contributed by atoms with Crippen molar-refractivity contribution >= 4 is 40.0 Å². The Morgan fingerprint density at radius 1 is 1.24 bits per heavy atom. The summed E-state index contributed by atoms with van der Waals surface area (Å²) in [5.74, 6) is 1.76. The molecule has 6 heteroatoms. The summed E-state index contributed by atoms with van der Waals surface area (Å²) in [5.41, 5.74) is 1.27. The van der Waals surface area contributed by atoms with Gasteiger partial charge in [0.2, 0.25) is 5.91 Å². The van der Waals surface area contributed by atoms with Gasteiger partial charge in [0.05, 0.1) is 5.56 Å². The second-order valence-corrected chi connectivity index (χ2v) is 8.00.